The summed E-state index contributed by atoms with van der Waals surface area (Å²) in [5.41, 5.74) is 4.91. The summed E-state index contributed by atoms with van der Waals surface area (Å²) in [4.78, 5) is 21.0. The molecule has 0 bridgehead atoms. The molecule has 0 aliphatic heterocycles. The molecule has 0 radical (unpaired) electrons. The lowest BCUT2D eigenvalue weighted by Crippen LogP contribution is -2.37. The highest BCUT2D eigenvalue weighted by Crippen LogP contribution is 1.97. The molecule has 5 nitrogen and oxygen atoms in total. The van der Waals surface area contributed by atoms with Crippen LogP contribution >= 0.6 is 0 Å². The van der Waals surface area contributed by atoms with Crippen molar-refractivity contribution >= 4 is 11.9 Å². The van der Waals surface area contributed by atoms with Crippen LogP contribution in [-0.4, -0.2) is 29.6 Å². The molecule has 13 heavy (non-hydrogen) atoms. The topological polar surface area (TPSA) is 92.4 Å². The highest BCUT2D eigenvalue weighted by Gasteiger charge is 2.16. The molecule has 0 aliphatic rings. The van der Waals surface area contributed by atoms with E-state index in [0.29, 0.717) is 6.54 Å². The number of nitrogens with one attached hydrogen (secondary N) is 1. The zero-order chi connectivity index (χ0) is 10.3. The standard InChI is InChI=1S/C8H16N2O3/c1-2-5-10-6(8(12)13)3-4-7(9)11/h6,10H,2-5H2,1H3,(H2,9,11)(H,12,13). The maximum absolute atomic E-state index is 10.6. The fourth-order valence-corrected chi connectivity index (χ4v) is 0.918. The zero-order valence-electron chi connectivity index (χ0n) is 7.75. The minimum atomic E-state index is -0.935. The molecule has 0 fully saturated rings. The monoisotopic (exact) mass is 188 g/mol. The predicted octanol–water partition coefficient (Wildman–Crippen LogP) is -0.295. The molecule has 4 N–H and O–H groups in total. The third-order valence-corrected chi connectivity index (χ3v) is 1.62. The third-order valence-electron chi connectivity index (χ3n) is 1.62. The van der Waals surface area contributed by atoms with Gasteiger partial charge in [-0.25, -0.2) is 0 Å². The second kappa shape index (κ2) is 6.42. The van der Waals surface area contributed by atoms with Gasteiger partial charge in [-0.15, -0.1) is 0 Å². The Balaban J connectivity index is 3.80. The van der Waals surface area contributed by atoms with E-state index >= 15 is 0 Å². The average Bonchev–Trinajstić information content (AvgIpc) is 2.03. The molecular formula is C8H16N2O3. The number of primary amides is 1. The fraction of sp³-hybridized carbons (Fsp3) is 0.750. The van der Waals surface area contributed by atoms with Crippen molar-refractivity contribution in [3.05, 3.63) is 0 Å². The van der Waals surface area contributed by atoms with Gasteiger partial charge in [-0.05, 0) is 19.4 Å². The summed E-state index contributed by atoms with van der Waals surface area (Å²) in [7, 11) is 0. The molecule has 0 saturated carbocycles. The van der Waals surface area contributed by atoms with Crippen molar-refractivity contribution in [3.63, 3.8) is 0 Å². The van der Waals surface area contributed by atoms with E-state index in [-0.39, 0.29) is 12.8 Å². The average molecular weight is 188 g/mol. The van der Waals surface area contributed by atoms with Gasteiger partial charge in [0.25, 0.3) is 0 Å². The Labute approximate surface area is 77.3 Å². The molecule has 1 amide bonds. The maximum Gasteiger partial charge on any atom is 0.320 e. The molecule has 0 aliphatic carbocycles. The van der Waals surface area contributed by atoms with Crippen LogP contribution in [0.25, 0.3) is 0 Å². The van der Waals surface area contributed by atoms with Crippen molar-refractivity contribution in [2.45, 2.75) is 32.2 Å². The van der Waals surface area contributed by atoms with Crippen LogP contribution in [0.2, 0.25) is 0 Å². The Morgan fingerprint density at radius 1 is 1.54 bits per heavy atom. The Hall–Kier alpha value is -1.10. The molecule has 76 valence electrons. The molecule has 0 aromatic heterocycles. The number of hydrogen-bond donors (Lipinski definition) is 3. The van der Waals surface area contributed by atoms with Crippen LogP contribution in [0.1, 0.15) is 26.2 Å². The first-order chi connectivity index (χ1) is 6.07. The van der Waals surface area contributed by atoms with Crippen LogP contribution < -0.4 is 11.1 Å². The van der Waals surface area contributed by atoms with E-state index in [1.54, 1.807) is 0 Å². The quantitative estimate of drug-likeness (QED) is 0.511. The van der Waals surface area contributed by atoms with E-state index < -0.39 is 17.9 Å². The van der Waals surface area contributed by atoms with Gasteiger partial charge in [0.05, 0.1) is 0 Å². The van der Waals surface area contributed by atoms with Gasteiger partial charge in [-0.2, -0.15) is 0 Å². The lowest BCUT2D eigenvalue weighted by Gasteiger charge is -2.12. The minimum absolute atomic E-state index is 0.105. The van der Waals surface area contributed by atoms with Crippen LogP contribution in [0, 0.1) is 0 Å². The molecule has 0 spiro atoms. The van der Waals surface area contributed by atoms with Crippen molar-refractivity contribution in [1.82, 2.24) is 5.32 Å². The number of carboxylic acid groups (broad SMARTS) is 1. The molecule has 0 aromatic rings. The van der Waals surface area contributed by atoms with E-state index in [9.17, 15) is 9.59 Å². The van der Waals surface area contributed by atoms with Gasteiger partial charge < -0.3 is 16.2 Å². The van der Waals surface area contributed by atoms with E-state index in [1.165, 1.54) is 0 Å². The normalized spacial score (nSPS) is 12.4. The summed E-state index contributed by atoms with van der Waals surface area (Å²) >= 11 is 0. The maximum atomic E-state index is 10.6. The largest absolute Gasteiger partial charge is 0.480 e. The SMILES string of the molecule is CCCNC(CCC(N)=O)C(=O)O. The van der Waals surface area contributed by atoms with Crippen LogP contribution in [0.5, 0.6) is 0 Å². The highest BCUT2D eigenvalue weighted by atomic mass is 16.4. The third kappa shape index (κ3) is 6.10. The number of carbonyl (C=O) groups is 2. The van der Waals surface area contributed by atoms with Gasteiger partial charge in [-0.1, -0.05) is 6.92 Å². The molecular weight excluding hydrogens is 172 g/mol. The summed E-state index contributed by atoms with van der Waals surface area (Å²) in [6.07, 6.45) is 1.22. The molecule has 0 aromatic carbocycles. The van der Waals surface area contributed by atoms with Crippen LogP contribution in [-0.2, 0) is 9.59 Å². The van der Waals surface area contributed by atoms with Gasteiger partial charge >= 0.3 is 5.97 Å². The molecule has 0 heterocycles. The molecule has 0 rings (SSSR count). The Morgan fingerprint density at radius 2 is 2.15 bits per heavy atom. The second-order valence-corrected chi connectivity index (χ2v) is 2.85. The first-order valence-corrected chi connectivity index (χ1v) is 4.32. The van der Waals surface area contributed by atoms with E-state index in [2.05, 4.69) is 5.32 Å². The van der Waals surface area contributed by atoms with Crippen molar-refractivity contribution in [2.24, 2.45) is 5.73 Å². The van der Waals surface area contributed by atoms with Gasteiger partial charge in [0.2, 0.25) is 5.91 Å². The van der Waals surface area contributed by atoms with E-state index in [1.807, 2.05) is 6.92 Å². The van der Waals surface area contributed by atoms with Crippen molar-refractivity contribution in [3.8, 4) is 0 Å². The van der Waals surface area contributed by atoms with Gasteiger partial charge in [-0.3, -0.25) is 9.59 Å². The van der Waals surface area contributed by atoms with Gasteiger partial charge in [0.1, 0.15) is 6.04 Å². The predicted molar refractivity (Wildman–Crippen MR) is 48.1 cm³/mol. The van der Waals surface area contributed by atoms with Crippen molar-refractivity contribution in [1.29, 1.82) is 0 Å². The smallest absolute Gasteiger partial charge is 0.320 e. The summed E-state index contributed by atoms with van der Waals surface area (Å²) in [6.45, 7) is 2.58. The number of carbonyl (C=O) groups excluding carboxylic acids is 1. The summed E-state index contributed by atoms with van der Waals surface area (Å²) in [6, 6.07) is -0.660. The lowest BCUT2D eigenvalue weighted by atomic mass is 10.1. The fourth-order valence-electron chi connectivity index (χ4n) is 0.918. The number of carboxylic acids is 1. The first-order valence-electron chi connectivity index (χ1n) is 4.32. The second-order valence-electron chi connectivity index (χ2n) is 2.85. The highest BCUT2D eigenvalue weighted by molar-refractivity contribution is 5.77. The number of hydrogen-bond acceptors (Lipinski definition) is 3. The molecule has 5 heteroatoms. The molecule has 0 saturated heterocycles. The number of rotatable bonds is 7. The molecule has 1 unspecified atom stereocenters. The number of amides is 1. The number of aliphatic carboxylic acids is 1. The van der Waals surface area contributed by atoms with Crippen molar-refractivity contribution < 1.29 is 14.7 Å². The molecule has 1 atom stereocenters. The zero-order valence-corrected chi connectivity index (χ0v) is 7.75. The summed E-state index contributed by atoms with van der Waals surface area (Å²) in [5, 5.41) is 11.5. The minimum Gasteiger partial charge on any atom is -0.480 e. The van der Waals surface area contributed by atoms with Gasteiger partial charge in [0.15, 0.2) is 0 Å². The van der Waals surface area contributed by atoms with Crippen LogP contribution in [0.3, 0.4) is 0 Å². The van der Waals surface area contributed by atoms with Crippen LogP contribution in [0.15, 0.2) is 0 Å². The summed E-state index contributed by atoms with van der Waals surface area (Å²) in [5.74, 6) is -1.40. The van der Waals surface area contributed by atoms with E-state index in [0.717, 1.165) is 6.42 Å². The first kappa shape index (κ1) is 11.9. The van der Waals surface area contributed by atoms with Gasteiger partial charge in [0, 0.05) is 6.42 Å². The lowest BCUT2D eigenvalue weighted by molar-refractivity contribution is -0.139. The van der Waals surface area contributed by atoms with Crippen molar-refractivity contribution in [2.75, 3.05) is 6.54 Å². The Bertz CT molecular complexity index is 182. The Morgan fingerprint density at radius 3 is 2.54 bits per heavy atom. The van der Waals surface area contributed by atoms with Crippen LogP contribution in [0.4, 0.5) is 0 Å². The Kier molecular flexibility index (Phi) is 5.88. The number of nitrogens with two attached hydrogens (primary N) is 1. The van der Waals surface area contributed by atoms with E-state index in [4.69, 9.17) is 10.8 Å². The summed E-state index contributed by atoms with van der Waals surface area (Å²) < 4.78 is 0.